The number of aryl methyl sites for hydroxylation is 1. The van der Waals surface area contributed by atoms with Gasteiger partial charge in [-0.15, -0.1) is 0 Å². The zero-order valence-electron chi connectivity index (χ0n) is 13.0. The quantitative estimate of drug-likeness (QED) is 0.716. The van der Waals surface area contributed by atoms with E-state index in [9.17, 15) is 4.79 Å². The maximum absolute atomic E-state index is 11.8. The second kappa shape index (κ2) is 6.42. The average Bonchev–Trinajstić information content (AvgIpc) is 2.92. The highest BCUT2D eigenvalue weighted by Crippen LogP contribution is 2.30. The monoisotopic (exact) mass is 328 g/mol. The van der Waals surface area contributed by atoms with E-state index in [4.69, 9.17) is 16.0 Å². The summed E-state index contributed by atoms with van der Waals surface area (Å²) >= 11 is 6.16. The van der Waals surface area contributed by atoms with Crippen molar-refractivity contribution in [1.29, 1.82) is 0 Å². The first kappa shape index (κ1) is 15.6. The average molecular weight is 329 g/mol. The predicted molar refractivity (Wildman–Crippen MR) is 92.7 cm³/mol. The molecule has 0 spiro atoms. The van der Waals surface area contributed by atoms with E-state index in [1.807, 2.05) is 38.1 Å². The van der Waals surface area contributed by atoms with Crippen LogP contribution in [0.5, 0.6) is 0 Å². The van der Waals surface area contributed by atoms with Gasteiger partial charge in [-0.1, -0.05) is 24.6 Å². The number of halogens is 1. The third kappa shape index (κ3) is 3.37. The van der Waals surface area contributed by atoms with Gasteiger partial charge in [0.15, 0.2) is 5.58 Å². The smallest absolute Gasteiger partial charge is 0.227 e. The molecule has 118 valence electrons. The first-order chi connectivity index (χ1) is 11.1. The highest BCUT2D eigenvalue weighted by molar-refractivity contribution is 6.33. The molecule has 23 heavy (non-hydrogen) atoms. The molecule has 4 nitrogen and oxygen atoms in total. The highest BCUT2D eigenvalue weighted by Gasteiger charge is 2.12. The third-order valence-corrected chi connectivity index (χ3v) is 3.84. The summed E-state index contributed by atoms with van der Waals surface area (Å²) in [6.45, 7) is 3.96. The molecule has 0 unspecified atom stereocenters. The Kier molecular flexibility index (Phi) is 4.35. The van der Waals surface area contributed by atoms with Crippen molar-refractivity contribution in [2.75, 3.05) is 5.32 Å². The molecular formula is C18H17ClN2O2. The lowest BCUT2D eigenvalue weighted by Gasteiger charge is -2.07. The Balaban J connectivity index is 1.96. The fraction of sp³-hybridized carbons (Fsp3) is 0.222. The Morgan fingerprint density at radius 1 is 1.26 bits per heavy atom. The largest absolute Gasteiger partial charge is 0.436 e. The first-order valence-electron chi connectivity index (χ1n) is 7.54. The molecular weight excluding hydrogens is 312 g/mol. The molecule has 0 aliphatic rings. The number of carbonyl (C=O) groups is 1. The fourth-order valence-electron chi connectivity index (χ4n) is 2.35. The van der Waals surface area contributed by atoms with Crippen molar-refractivity contribution in [3.8, 4) is 11.5 Å². The van der Waals surface area contributed by atoms with Crippen LogP contribution in [-0.4, -0.2) is 10.9 Å². The van der Waals surface area contributed by atoms with E-state index in [-0.39, 0.29) is 5.91 Å². The van der Waals surface area contributed by atoms with Gasteiger partial charge in [-0.25, -0.2) is 4.98 Å². The number of nitrogens with one attached hydrogen (secondary N) is 1. The van der Waals surface area contributed by atoms with Crippen LogP contribution < -0.4 is 5.32 Å². The van der Waals surface area contributed by atoms with Crippen LogP contribution in [0.4, 0.5) is 5.69 Å². The van der Waals surface area contributed by atoms with Gasteiger partial charge in [0.25, 0.3) is 0 Å². The van der Waals surface area contributed by atoms with Gasteiger partial charge in [0.05, 0.1) is 10.7 Å². The fourth-order valence-corrected chi connectivity index (χ4v) is 2.51. The van der Waals surface area contributed by atoms with E-state index in [1.54, 1.807) is 12.1 Å². The zero-order valence-corrected chi connectivity index (χ0v) is 13.8. The molecule has 1 N–H and O–H groups in total. The minimum atomic E-state index is -0.0558. The minimum Gasteiger partial charge on any atom is -0.436 e. The molecule has 1 aromatic heterocycles. The van der Waals surface area contributed by atoms with E-state index >= 15 is 0 Å². The van der Waals surface area contributed by atoms with Crippen LogP contribution in [0, 0.1) is 6.92 Å². The molecule has 0 atom stereocenters. The normalized spacial score (nSPS) is 10.9. The summed E-state index contributed by atoms with van der Waals surface area (Å²) in [6, 6.07) is 11.2. The van der Waals surface area contributed by atoms with Crippen molar-refractivity contribution in [1.82, 2.24) is 4.98 Å². The number of nitrogens with zero attached hydrogens (tertiary/aromatic N) is 1. The number of rotatable bonds is 4. The minimum absolute atomic E-state index is 0.0558. The summed E-state index contributed by atoms with van der Waals surface area (Å²) in [4.78, 5) is 16.3. The lowest BCUT2D eigenvalue weighted by molar-refractivity contribution is -0.116. The summed E-state index contributed by atoms with van der Waals surface area (Å²) in [7, 11) is 0. The number of amides is 1. The Labute approximate surface area is 139 Å². The van der Waals surface area contributed by atoms with Gasteiger partial charge in [-0.05, 0) is 49.2 Å². The van der Waals surface area contributed by atoms with E-state index in [1.165, 1.54) is 0 Å². The Bertz CT molecular complexity index is 871. The van der Waals surface area contributed by atoms with Gasteiger partial charge in [-0.2, -0.15) is 0 Å². The molecule has 2 aromatic carbocycles. The zero-order chi connectivity index (χ0) is 16.4. The van der Waals surface area contributed by atoms with E-state index in [0.717, 1.165) is 28.6 Å². The van der Waals surface area contributed by atoms with Crippen LogP contribution in [-0.2, 0) is 4.79 Å². The maximum Gasteiger partial charge on any atom is 0.227 e. The van der Waals surface area contributed by atoms with Crippen LogP contribution >= 0.6 is 11.6 Å². The van der Waals surface area contributed by atoms with Crippen LogP contribution in [0.15, 0.2) is 40.8 Å². The first-order valence-corrected chi connectivity index (χ1v) is 7.91. The molecule has 0 bridgehead atoms. The van der Waals surface area contributed by atoms with Crippen molar-refractivity contribution in [3.05, 3.63) is 47.0 Å². The molecule has 0 fully saturated rings. The second-order valence-electron chi connectivity index (χ2n) is 5.48. The lowest BCUT2D eigenvalue weighted by Crippen LogP contribution is -2.10. The summed E-state index contributed by atoms with van der Waals surface area (Å²) in [5.41, 5.74) is 4.00. The number of anilines is 1. The molecule has 0 saturated carbocycles. The summed E-state index contributed by atoms with van der Waals surface area (Å²) in [5, 5.41) is 3.31. The second-order valence-corrected chi connectivity index (χ2v) is 5.89. The predicted octanol–water partition coefficient (Wildman–Crippen LogP) is 5.20. The molecule has 1 heterocycles. The number of oxazole rings is 1. The molecule has 5 heteroatoms. The summed E-state index contributed by atoms with van der Waals surface area (Å²) in [5.74, 6) is 0.452. The van der Waals surface area contributed by atoms with Crippen molar-refractivity contribution in [2.24, 2.45) is 0 Å². The topological polar surface area (TPSA) is 55.1 Å². The van der Waals surface area contributed by atoms with Gasteiger partial charge < -0.3 is 9.73 Å². The Hall–Kier alpha value is -2.33. The molecule has 3 rings (SSSR count). The van der Waals surface area contributed by atoms with Gasteiger partial charge >= 0.3 is 0 Å². The van der Waals surface area contributed by atoms with E-state index < -0.39 is 0 Å². The molecule has 0 saturated heterocycles. The number of fused-ring (bicyclic) bond motifs is 1. The highest BCUT2D eigenvalue weighted by atomic mass is 35.5. The van der Waals surface area contributed by atoms with E-state index in [2.05, 4.69) is 10.3 Å². The molecule has 0 radical (unpaired) electrons. The standard InChI is InChI=1S/C18H17ClN2O2/c1-3-4-17(22)20-15-10-12(6-7-13(15)19)18-21-14-8-5-11(2)9-16(14)23-18/h5-10H,3-4H2,1-2H3,(H,20,22). The van der Waals surface area contributed by atoms with E-state index in [0.29, 0.717) is 23.0 Å². The van der Waals surface area contributed by atoms with Gasteiger partial charge in [0, 0.05) is 12.0 Å². The lowest BCUT2D eigenvalue weighted by atomic mass is 10.2. The molecule has 0 aliphatic heterocycles. The Morgan fingerprint density at radius 2 is 2.09 bits per heavy atom. The number of benzene rings is 2. The van der Waals surface area contributed by atoms with Crippen LogP contribution in [0.25, 0.3) is 22.6 Å². The van der Waals surface area contributed by atoms with Crippen LogP contribution in [0.1, 0.15) is 25.3 Å². The van der Waals surface area contributed by atoms with Crippen molar-refractivity contribution >= 4 is 34.3 Å². The van der Waals surface area contributed by atoms with Gasteiger partial charge in [-0.3, -0.25) is 4.79 Å². The van der Waals surface area contributed by atoms with Crippen molar-refractivity contribution in [3.63, 3.8) is 0 Å². The van der Waals surface area contributed by atoms with Crippen molar-refractivity contribution in [2.45, 2.75) is 26.7 Å². The van der Waals surface area contributed by atoms with Gasteiger partial charge in [0.1, 0.15) is 5.52 Å². The number of hydrogen-bond acceptors (Lipinski definition) is 3. The number of aromatic nitrogens is 1. The molecule has 0 aliphatic carbocycles. The number of hydrogen-bond donors (Lipinski definition) is 1. The van der Waals surface area contributed by atoms with Gasteiger partial charge in [0.2, 0.25) is 11.8 Å². The SMILES string of the molecule is CCCC(=O)Nc1cc(-c2nc3ccc(C)cc3o2)ccc1Cl. The van der Waals surface area contributed by atoms with Crippen LogP contribution in [0.2, 0.25) is 5.02 Å². The Morgan fingerprint density at radius 3 is 2.87 bits per heavy atom. The summed E-state index contributed by atoms with van der Waals surface area (Å²) < 4.78 is 5.82. The van der Waals surface area contributed by atoms with Crippen molar-refractivity contribution < 1.29 is 9.21 Å². The third-order valence-electron chi connectivity index (χ3n) is 3.51. The number of carbonyl (C=O) groups excluding carboxylic acids is 1. The maximum atomic E-state index is 11.8. The molecule has 1 amide bonds. The van der Waals surface area contributed by atoms with Crippen LogP contribution in [0.3, 0.4) is 0 Å². The molecule has 3 aromatic rings. The summed E-state index contributed by atoms with van der Waals surface area (Å²) in [6.07, 6.45) is 1.25.